The normalized spacial score (nSPS) is 26.3. The summed E-state index contributed by atoms with van der Waals surface area (Å²) in [6.07, 6.45) is 2.51. The van der Waals surface area contributed by atoms with Crippen molar-refractivity contribution in [2.24, 2.45) is 16.7 Å². The van der Waals surface area contributed by atoms with Gasteiger partial charge >= 0.3 is 5.97 Å². The summed E-state index contributed by atoms with van der Waals surface area (Å²) in [5.41, 5.74) is -1.30. The van der Waals surface area contributed by atoms with Crippen molar-refractivity contribution in [1.82, 2.24) is 4.98 Å². The topological polar surface area (TPSA) is 112 Å². The third-order valence-corrected chi connectivity index (χ3v) is 5.17. The highest BCUT2D eigenvalue weighted by atomic mass is 16.6. The predicted octanol–water partition coefficient (Wildman–Crippen LogP) is 3.30. The lowest BCUT2D eigenvalue weighted by Crippen LogP contribution is -2.52. The molecule has 0 spiro atoms. The number of nitrogens with zero attached hydrogens (tertiary/aromatic N) is 2. The van der Waals surface area contributed by atoms with E-state index in [0.717, 1.165) is 6.20 Å². The summed E-state index contributed by atoms with van der Waals surface area (Å²) in [6.45, 7) is 6.24. The zero-order chi connectivity index (χ0) is 19.5. The molecule has 3 unspecified atom stereocenters. The SMILES string of the molecule is COCC1(C(=O)O)CCC(Oc2ccc([N+](=O)[O-])cn2)CC1C(C)(C)C. The molecule has 8 heteroatoms. The van der Waals surface area contributed by atoms with E-state index in [2.05, 4.69) is 4.98 Å². The van der Waals surface area contributed by atoms with E-state index in [-0.39, 0.29) is 29.7 Å². The van der Waals surface area contributed by atoms with Gasteiger partial charge in [0, 0.05) is 19.2 Å². The number of carboxylic acid groups (broad SMARTS) is 1. The van der Waals surface area contributed by atoms with Gasteiger partial charge in [-0.15, -0.1) is 0 Å². The van der Waals surface area contributed by atoms with Crippen LogP contribution in [-0.2, 0) is 9.53 Å². The van der Waals surface area contributed by atoms with E-state index in [1.54, 1.807) is 0 Å². The average molecular weight is 366 g/mol. The van der Waals surface area contributed by atoms with E-state index in [0.29, 0.717) is 25.1 Å². The van der Waals surface area contributed by atoms with E-state index >= 15 is 0 Å². The van der Waals surface area contributed by atoms with Gasteiger partial charge in [0.05, 0.1) is 16.9 Å². The number of methoxy groups -OCH3 is 1. The van der Waals surface area contributed by atoms with Crippen LogP contribution in [0.3, 0.4) is 0 Å². The number of nitro groups is 1. The van der Waals surface area contributed by atoms with Crippen molar-refractivity contribution < 1.29 is 24.3 Å². The number of ether oxygens (including phenoxy) is 2. The Bertz CT molecular complexity index is 655. The lowest BCUT2D eigenvalue weighted by molar-refractivity contribution is -0.385. The van der Waals surface area contributed by atoms with Gasteiger partial charge in [-0.3, -0.25) is 14.9 Å². The van der Waals surface area contributed by atoms with Crippen LogP contribution < -0.4 is 4.74 Å². The number of pyridine rings is 1. The molecule has 0 amide bonds. The van der Waals surface area contributed by atoms with Crippen molar-refractivity contribution in [2.75, 3.05) is 13.7 Å². The van der Waals surface area contributed by atoms with Gasteiger partial charge in [-0.25, -0.2) is 4.98 Å². The second-order valence-corrected chi connectivity index (χ2v) is 7.94. The maximum Gasteiger partial charge on any atom is 0.312 e. The lowest BCUT2D eigenvalue weighted by Gasteiger charge is -2.48. The molecule has 2 rings (SSSR count). The maximum atomic E-state index is 12.1. The molecule has 1 fully saturated rings. The second-order valence-electron chi connectivity index (χ2n) is 7.94. The molecule has 0 radical (unpaired) electrons. The Hall–Kier alpha value is -2.22. The fourth-order valence-electron chi connectivity index (χ4n) is 3.96. The van der Waals surface area contributed by atoms with Crippen molar-refractivity contribution in [3.8, 4) is 5.88 Å². The Morgan fingerprint density at radius 1 is 1.46 bits per heavy atom. The highest BCUT2D eigenvalue weighted by Crippen LogP contribution is 2.50. The Morgan fingerprint density at radius 3 is 2.62 bits per heavy atom. The van der Waals surface area contributed by atoms with E-state index in [9.17, 15) is 20.0 Å². The van der Waals surface area contributed by atoms with Crippen LogP contribution in [-0.4, -0.2) is 40.8 Å². The summed E-state index contributed by atoms with van der Waals surface area (Å²) >= 11 is 0. The number of aliphatic carboxylic acids is 1. The predicted molar refractivity (Wildman–Crippen MR) is 94.0 cm³/mol. The minimum Gasteiger partial charge on any atom is -0.481 e. The van der Waals surface area contributed by atoms with Gasteiger partial charge in [0.2, 0.25) is 5.88 Å². The van der Waals surface area contributed by atoms with Crippen molar-refractivity contribution in [3.05, 3.63) is 28.4 Å². The summed E-state index contributed by atoms with van der Waals surface area (Å²) in [4.78, 5) is 26.3. The number of carboxylic acids is 1. The van der Waals surface area contributed by atoms with Crippen LogP contribution >= 0.6 is 0 Å². The number of carbonyl (C=O) groups is 1. The third-order valence-electron chi connectivity index (χ3n) is 5.17. The van der Waals surface area contributed by atoms with Gasteiger partial charge in [-0.1, -0.05) is 20.8 Å². The Labute approximate surface area is 152 Å². The van der Waals surface area contributed by atoms with E-state index in [1.807, 2.05) is 20.8 Å². The molecular formula is C18H26N2O6. The average Bonchev–Trinajstić information content (AvgIpc) is 2.56. The third kappa shape index (κ3) is 4.12. The molecule has 0 aromatic carbocycles. The summed E-state index contributed by atoms with van der Waals surface area (Å²) in [6, 6.07) is 2.82. The Morgan fingerprint density at radius 2 is 2.15 bits per heavy atom. The molecule has 1 aromatic rings. The monoisotopic (exact) mass is 366 g/mol. The molecule has 26 heavy (non-hydrogen) atoms. The van der Waals surface area contributed by atoms with Crippen LogP contribution in [0.5, 0.6) is 5.88 Å². The van der Waals surface area contributed by atoms with Crippen LogP contribution in [0, 0.1) is 26.9 Å². The molecule has 144 valence electrons. The first-order chi connectivity index (χ1) is 12.1. The summed E-state index contributed by atoms with van der Waals surface area (Å²) in [5.74, 6) is -0.682. The van der Waals surface area contributed by atoms with Gasteiger partial charge in [0.1, 0.15) is 12.3 Å². The molecule has 8 nitrogen and oxygen atoms in total. The standard InChI is InChI=1S/C18H26N2O6/c1-17(2,3)14-9-13(7-8-18(14,11-25-4)16(21)22)26-15-6-5-12(10-19-15)20(23)24/h5-6,10,13-14H,7-9,11H2,1-4H3,(H,21,22). The molecule has 1 aliphatic rings. The molecule has 1 N–H and O–H groups in total. The van der Waals surface area contributed by atoms with Crippen molar-refractivity contribution >= 4 is 11.7 Å². The quantitative estimate of drug-likeness (QED) is 0.607. The molecule has 0 bridgehead atoms. The molecule has 3 atom stereocenters. The largest absolute Gasteiger partial charge is 0.481 e. The molecule has 1 aromatic heterocycles. The lowest BCUT2D eigenvalue weighted by atomic mass is 9.57. The van der Waals surface area contributed by atoms with Crippen LogP contribution in [0.2, 0.25) is 0 Å². The fourth-order valence-corrected chi connectivity index (χ4v) is 3.96. The zero-order valence-electron chi connectivity index (χ0n) is 15.6. The first-order valence-corrected chi connectivity index (χ1v) is 8.59. The number of hydrogen-bond donors (Lipinski definition) is 1. The van der Waals surface area contributed by atoms with E-state index in [4.69, 9.17) is 9.47 Å². The number of aromatic nitrogens is 1. The van der Waals surface area contributed by atoms with E-state index < -0.39 is 16.3 Å². The van der Waals surface area contributed by atoms with Crippen LogP contribution in [0.15, 0.2) is 18.3 Å². The molecule has 0 aliphatic heterocycles. The Kier molecular flexibility index (Phi) is 5.85. The first-order valence-electron chi connectivity index (χ1n) is 8.59. The summed E-state index contributed by atoms with van der Waals surface area (Å²) < 4.78 is 11.2. The van der Waals surface area contributed by atoms with Crippen molar-refractivity contribution in [3.63, 3.8) is 0 Å². The molecule has 1 aliphatic carbocycles. The molecule has 1 heterocycles. The van der Waals surface area contributed by atoms with Gasteiger partial charge in [0.15, 0.2) is 0 Å². The smallest absolute Gasteiger partial charge is 0.312 e. The minimum atomic E-state index is -0.949. The number of hydrogen-bond acceptors (Lipinski definition) is 6. The second kappa shape index (κ2) is 7.57. The summed E-state index contributed by atoms with van der Waals surface area (Å²) in [5, 5.41) is 20.6. The van der Waals surface area contributed by atoms with Crippen LogP contribution in [0.1, 0.15) is 40.0 Å². The highest BCUT2D eigenvalue weighted by molar-refractivity contribution is 5.75. The van der Waals surface area contributed by atoms with Crippen LogP contribution in [0.4, 0.5) is 5.69 Å². The van der Waals surface area contributed by atoms with Crippen molar-refractivity contribution in [2.45, 2.75) is 46.1 Å². The van der Waals surface area contributed by atoms with E-state index in [1.165, 1.54) is 19.2 Å². The van der Waals surface area contributed by atoms with Gasteiger partial charge in [-0.05, 0) is 30.6 Å². The highest BCUT2D eigenvalue weighted by Gasteiger charge is 2.54. The zero-order valence-corrected chi connectivity index (χ0v) is 15.6. The van der Waals surface area contributed by atoms with Crippen LogP contribution in [0.25, 0.3) is 0 Å². The van der Waals surface area contributed by atoms with Gasteiger partial charge < -0.3 is 14.6 Å². The molecule has 0 saturated heterocycles. The summed E-state index contributed by atoms with van der Waals surface area (Å²) in [7, 11) is 1.52. The van der Waals surface area contributed by atoms with Crippen molar-refractivity contribution in [1.29, 1.82) is 0 Å². The Balaban J connectivity index is 2.19. The van der Waals surface area contributed by atoms with Gasteiger partial charge in [-0.2, -0.15) is 0 Å². The maximum absolute atomic E-state index is 12.1. The van der Waals surface area contributed by atoms with Gasteiger partial charge in [0.25, 0.3) is 5.69 Å². The first kappa shape index (κ1) is 20.1. The fraction of sp³-hybridized carbons (Fsp3) is 0.667. The molecular weight excluding hydrogens is 340 g/mol. The molecule has 1 saturated carbocycles. The number of rotatable bonds is 6. The minimum absolute atomic E-state index is 0.0986.